The molecule has 0 bridgehead atoms. The van der Waals surface area contributed by atoms with Crippen LogP contribution in [0.2, 0.25) is 0 Å². The summed E-state index contributed by atoms with van der Waals surface area (Å²) in [7, 11) is 0. The van der Waals surface area contributed by atoms with Crippen LogP contribution in [-0.4, -0.2) is 15.0 Å². The van der Waals surface area contributed by atoms with E-state index in [1.807, 2.05) is 41.1 Å². The van der Waals surface area contributed by atoms with Gasteiger partial charge in [0.15, 0.2) is 0 Å². The van der Waals surface area contributed by atoms with Gasteiger partial charge in [0.25, 0.3) is 0 Å². The Hall–Kier alpha value is -2.70. The predicted octanol–water partition coefficient (Wildman–Crippen LogP) is 5.64. The molecule has 0 aliphatic heterocycles. The van der Waals surface area contributed by atoms with E-state index in [-0.39, 0.29) is 5.82 Å². The second-order valence-corrected chi connectivity index (χ2v) is 6.95. The molecule has 0 aliphatic carbocycles. The van der Waals surface area contributed by atoms with Crippen LogP contribution in [0.3, 0.4) is 0 Å². The second-order valence-electron chi connectivity index (χ2n) is 5.20. The topological polar surface area (TPSA) is 38.7 Å². The first-order chi connectivity index (χ1) is 12.3. The third kappa shape index (κ3) is 3.70. The van der Waals surface area contributed by atoms with Gasteiger partial charge in [0.05, 0.1) is 17.1 Å². The van der Waals surface area contributed by atoms with Crippen LogP contribution in [0.15, 0.2) is 59.4 Å². The lowest BCUT2D eigenvalue weighted by atomic mass is 10.2. The van der Waals surface area contributed by atoms with Gasteiger partial charge >= 0.3 is 0 Å². The van der Waals surface area contributed by atoms with Crippen molar-refractivity contribution in [2.45, 2.75) is 0 Å². The molecule has 3 aromatic heterocycles. The van der Waals surface area contributed by atoms with Crippen molar-refractivity contribution < 1.29 is 4.39 Å². The minimum absolute atomic E-state index is 0.244. The van der Waals surface area contributed by atoms with Crippen molar-refractivity contribution in [2.24, 2.45) is 0 Å². The average Bonchev–Trinajstić information content (AvgIpc) is 3.31. The van der Waals surface area contributed by atoms with E-state index in [4.69, 9.17) is 0 Å². The van der Waals surface area contributed by atoms with Gasteiger partial charge in [-0.15, -0.1) is 22.7 Å². The van der Waals surface area contributed by atoms with Crippen LogP contribution in [0.25, 0.3) is 34.1 Å². The van der Waals surface area contributed by atoms with Crippen LogP contribution in [0.1, 0.15) is 10.7 Å². The summed E-state index contributed by atoms with van der Waals surface area (Å²) >= 11 is 3.11. The van der Waals surface area contributed by atoms with E-state index in [1.165, 1.54) is 12.1 Å². The molecule has 0 saturated carbocycles. The van der Waals surface area contributed by atoms with Gasteiger partial charge in [-0.1, -0.05) is 6.07 Å². The largest absolute Gasteiger partial charge is 0.254 e. The smallest absolute Gasteiger partial charge is 0.142 e. The van der Waals surface area contributed by atoms with E-state index < -0.39 is 0 Å². The lowest BCUT2D eigenvalue weighted by Crippen LogP contribution is -1.81. The molecule has 4 rings (SSSR count). The zero-order valence-corrected chi connectivity index (χ0v) is 14.6. The van der Waals surface area contributed by atoms with Gasteiger partial charge in [0, 0.05) is 22.5 Å². The van der Waals surface area contributed by atoms with Crippen molar-refractivity contribution in [3.63, 3.8) is 0 Å². The highest BCUT2D eigenvalue weighted by molar-refractivity contribution is 7.13. The first kappa shape index (κ1) is 15.8. The van der Waals surface area contributed by atoms with E-state index in [0.29, 0.717) is 0 Å². The number of halogens is 1. The van der Waals surface area contributed by atoms with Crippen molar-refractivity contribution in [2.75, 3.05) is 0 Å². The van der Waals surface area contributed by atoms with E-state index in [1.54, 1.807) is 41.0 Å². The van der Waals surface area contributed by atoms with E-state index in [2.05, 4.69) is 15.0 Å². The summed E-state index contributed by atoms with van der Waals surface area (Å²) in [6.45, 7) is 0. The Morgan fingerprint density at radius 2 is 1.72 bits per heavy atom. The molecule has 3 nitrogen and oxygen atoms in total. The van der Waals surface area contributed by atoms with Gasteiger partial charge in [0.1, 0.15) is 15.8 Å². The molecule has 4 aromatic rings. The summed E-state index contributed by atoms with van der Waals surface area (Å²) in [5.41, 5.74) is 3.50. The zero-order valence-electron chi connectivity index (χ0n) is 13.0. The quantitative estimate of drug-likeness (QED) is 0.470. The van der Waals surface area contributed by atoms with Gasteiger partial charge in [-0.05, 0) is 48.6 Å². The number of nitrogens with zero attached hydrogens (tertiary/aromatic N) is 3. The van der Waals surface area contributed by atoms with Gasteiger partial charge < -0.3 is 0 Å². The number of thiazole rings is 2. The fourth-order valence-electron chi connectivity index (χ4n) is 2.24. The number of hydrogen-bond donors (Lipinski definition) is 0. The monoisotopic (exact) mass is 365 g/mol. The Balaban J connectivity index is 1.51. The van der Waals surface area contributed by atoms with Crippen LogP contribution in [0.5, 0.6) is 0 Å². The highest BCUT2D eigenvalue weighted by Crippen LogP contribution is 2.25. The van der Waals surface area contributed by atoms with E-state index in [9.17, 15) is 4.39 Å². The maximum absolute atomic E-state index is 13.0. The number of rotatable bonds is 4. The molecule has 122 valence electrons. The molecule has 25 heavy (non-hydrogen) atoms. The Morgan fingerprint density at radius 3 is 2.52 bits per heavy atom. The summed E-state index contributed by atoms with van der Waals surface area (Å²) in [5, 5.41) is 5.74. The molecule has 6 heteroatoms. The molecule has 0 spiro atoms. The van der Waals surface area contributed by atoms with Crippen molar-refractivity contribution in [3.8, 4) is 22.0 Å². The van der Waals surface area contributed by atoms with Crippen molar-refractivity contribution in [3.05, 3.63) is 75.9 Å². The molecule has 0 aliphatic rings. The molecule has 0 atom stereocenters. The summed E-state index contributed by atoms with van der Waals surface area (Å²) in [5.74, 6) is -0.244. The standard InChI is InChI=1S/C19H12FN3S2/c20-14-6-4-13(5-7-14)17-12-24-18(23-17)9-8-15-11-25-19(22-15)16-3-1-2-10-21-16/h1-12H/b9-8-. The molecular weight excluding hydrogens is 353 g/mol. The summed E-state index contributed by atoms with van der Waals surface area (Å²) in [6, 6.07) is 12.1. The molecule has 0 unspecified atom stereocenters. The van der Waals surface area contributed by atoms with Crippen LogP contribution in [-0.2, 0) is 0 Å². The Bertz CT molecular complexity index is 1000. The van der Waals surface area contributed by atoms with Crippen molar-refractivity contribution >= 4 is 34.8 Å². The number of hydrogen-bond acceptors (Lipinski definition) is 5. The molecule has 0 radical (unpaired) electrons. The van der Waals surface area contributed by atoms with Gasteiger partial charge in [-0.3, -0.25) is 4.98 Å². The van der Waals surface area contributed by atoms with Crippen LogP contribution >= 0.6 is 22.7 Å². The van der Waals surface area contributed by atoms with Gasteiger partial charge in [-0.2, -0.15) is 0 Å². The van der Waals surface area contributed by atoms with Crippen molar-refractivity contribution in [1.82, 2.24) is 15.0 Å². The highest BCUT2D eigenvalue weighted by atomic mass is 32.1. The summed E-state index contributed by atoms with van der Waals surface area (Å²) in [6.07, 6.45) is 5.64. The first-order valence-electron chi connectivity index (χ1n) is 7.54. The second kappa shape index (κ2) is 7.04. The molecule has 0 fully saturated rings. The minimum Gasteiger partial charge on any atom is -0.254 e. The molecular formula is C19H12FN3S2. The van der Waals surface area contributed by atoms with Crippen LogP contribution in [0.4, 0.5) is 4.39 Å². The maximum Gasteiger partial charge on any atom is 0.142 e. The summed E-state index contributed by atoms with van der Waals surface area (Å²) < 4.78 is 13.0. The minimum atomic E-state index is -0.244. The zero-order chi connectivity index (χ0) is 17.1. The fraction of sp³-hybridized carbons (Fsp3) is 0. The third-order valence-electron chi connectivity index (χ3n) is 3.46. The molecule has 1 aromatic carbocycles. The molecule has 0 amide bonds. The van der Waals surface area contributed by atoms with Crippen molar-refractivity contribution in [1.29, 1.82) is 0 Å². The number of benzene rings is 1. The Labute approximate surface area is 152 Å². The Kier molecular flexibility index (Phi) is 4.45. The molecule has 0 saturated heterocycles. The lowest BCUT2D eigenvalue weighted by Gasteiger charge is -1.94. The van der Waals surface area contributed by atoms with Crippen LogP contribution < -0.4 is 0 Å². The number of aromatic nitrogens is 3. The highest BCUT2D eigenvalue weighted by Gasteiger charge is 2.05. The lowest BCUT2D eigenvalue weighted by molar-refractivity contribution is 0.628. The normalized spacial score (nSPS) is 11.2. The average molecular weight is 365 g/mol. The van der Waals surface area contributed by atoms with E-state index in [0.717, 1.165) is 32.7 Å². The first-order valence-corrected chi connectivity index (χ1v) is 9.30. The maximum atomic E-state index is 13.0. The van der Waals surface area contributed by atoms with E-state index >= 15 is 0 Å². The molecule has 3 heterocycles. The molecule has 0 N–H and O–H groups in total. The fourth-order valence-corrected chi connectivity index (χ4v) is 3.73. The van der Waals surface area contributed by atoms with Crippen LogP contribution in [0, 0.1) is 5.82 Å². The summed E-state index contributed by atoms with van der Waals surface area (Å²) in [4.78, 5) is 13.4. The third-order valence-corrected chi connectivity index (χ3v) is 5.16. The Morgan fingerprint density at radius 1 is 0.840 bits per heavy atom. The SMILES string of the molecule is Fc1ccc(-c2csc(/C=C\c3csc(-c4ccccn4)n3)n2)cc1. The number of pyridine rings is 1. The van der Waals surface area contributed by atoms with Gasteiger partial charge in [-0.25, -0.2) is 14.4 Å². The predicted molar refractivity (Wildman–Crippen MR) is 102 cm³/mol. The van der Waals surface area contributed by atoms with Gasteiger partial charge in [0.2, 0.25) is 0 Å².